The van der Waals surface area contributed by atoms with E-state index in [-0.39, 0.29) is 1.43 Å². The molecule has 3 nitrogen and oxygen atoms in total. The molecule has 1 saturated heterocycles. The van der Waals surface area contributed by atoms with Crippen LogP contribution in [0, 0.1) is 5.21 Å². The molecule has 0 saturated carbocycles. The van der Waals surface area contributed by atoms with Crippen LogP contribution in [-0.4, -0.2) is 26.3 Å². The molecule has 1 aliphatic heterocycles. The largest absolute Gasteiger partial charge is 0.634 e. The molecule has 1 fully saturated rings. The highest BCUT2D eigenvalue weighted by molar-refractivity contribution is 4.36. The van der Waals surface area contributed by atoms with Gasteiger partial charge in [0.15, 0.2) is 0 Å². The second-order valence-electron chi connectivity index (χ2n) is 1.65. The Hall–Kier alpha value is -0.120. The fraction of sp³-hybridized carbons (Fsp3) is 1.00. The maximum absolute atomic E-state index is 10.4. The van der Waals surface area contributed by atoms with Crippen LogP contribution < -0.4 is 5.06 Å². The number of ether oxygens (including phenoxy) is 1. The van der Waals surface area contributed by atoms with Gasteiger partial charge in [0, 0.05) is 1.43 Å². The summed E-state index contributed by atoms with van der Waals surface area (Å²) in [5, 5.41) is 10.7. The van der Waals surface area contributed by atoms with Crippen molar-refractivity contribution in [1.29, 1.82) is 0 Å². The van der Waals surface area contributed by atoms with Crippen LogP contribution in [-0.2, 0) is 4.74 Å². The summed E-state index contributed by atoms with van der Waals surface area (Å²) in [4.78, 5) is 0. The predicted octanol–water partition coefficient (Wildman–Crippen LogP) is -1.35. The van der Waals surface area contributed by atoms with E-state index < -0.39 is 0 Å². The van der Waals surface area contributed by atoms with Gasteiger partial charge in [-0.3, -0.25) is 0 Å². The van der Waals surface area contributed by atoms with Crippen molar-refractivity contribution >= 4 is 0 Å². The van der Waals surface area contributed by atoms with Gasteiger partial charge >= 0.3 is 0 Å². The molecule has 0 amide bonds. The summed E-state index contributed by atoms with van der Waals surface area (Å²) in [5.41, 5.74) is 0. The first-order valence-corrected chi connectivity index (χ1v) is 2.49. The van der Waals surface area contributed by atoms with E-state index in [2.05, 4.69) is 0 Å². The van der Waals surface area contributed by atoms with Crippen LogP contribution in [0.15, 0.2) is 0 Å². The highest BCUT2D eigenvalue weighted by Gasteiger charge is 2.02. The molecule has 1 rings (SSSR count). The van der Waals surface area contributed by atoms with Gasteiger partial charge in [-0.25, -0.2) is 0 Å². The molecule has 0 aromatic rings. The van der Waals surface area contributed by atoms with Crippen LogP contribution in [0.3, 0.4) is 0 Å². The van der Waals surface area contributed by atoms with Crippen molar-refractivity contribution < 1.29 is 11.2 Å². The molecule has 0 bridgehead atoms. The van der Waals surface area contributed by atoms with Crippen molar-refractivity contribution in [2.45, 2.75) is 0 Å². The lowest BCUT2D eigenvalue weighted by Crippen LogP contribution is -3.09. The van der Waals surface area contributed by atoms with Gasteiger partial charge in [0.1, 0.15) is 13.1 Å². The van der Waals surface area contributed by atoms with E-state index in [1.54, 1.807) is 0 Å². The third kappa shape index (κ3) is 1.43. The Bertz CT molecular complexity index is 56.0. The average Bonchev–Trinajstić information content (AvgIpc) is 1.69. The maximum Gasteiger partial charge on any atom is 0.101 e. The van der Waals surface area contributed by atoms with Crippen LogP contribution in [0.25, 0.3) is 0 Å². The Balaban J connectivity index is 0.000000490. The van der Waals surface area contributed by atoms with Gasteiger partial charge in [-0.05, 0) is 0 Å². The monoisotopic (exact) mass is 105 g/mol. The van der Waals surface area contributed by atoms with Gasteiger partial charge in [0.2, 0.25) is 0 Å². The lowest BCUT2D eigenvalue weighted by atomic mass is 10.5. The standard InChI is InChI=1S/C4H9NO2.H2/c6-5-1-3-7-4-2-5;/h5H,1-4H2;1H. The molecule has 0 atom stereocenters. The lowest BCUT2D eigenvalue weighted by molar-refractivity contribution is -0.857. The zero-order valence-corrected chi connectivity index (χ0v) is 4.14. The minimum Gasteiger partial charge on any atom is -0.634 e. The zero-order chi connectivity index (χ0) is 5.11. The SMILES string of the molecule is [HH].[O-][NH+]1CCOCC1. The fourth-order valence-corrected chi connectivity index (χ4v) is 0.599. The normalized spacial score (nSPS) is 25.3. The number of hydrogen-bond acceptors (Lipinski definition) is 2. The van der Waals surface area contributed by atoms with Crippen molar-refractivity contribution in [3.63, 3.8) is 0 Å². The van der Waals surface area contributed by atoms with Gasteiger partial charge in [-0.2, -0.15) is 0 Å². The molecule has 0 aromatic carbocycles. The molecule has 44 valence electrons. The predicted molar refractivity (Wildman–Crippen MR) is 27.0 cm³/mol. The number of morpholine rings is 1. The smallest absolute Gasteiger partial charge is 0.101 e. The van der Waals surface area contributed by atoms with E-state index in [1.807, 2.05) is 0 Å². The van der Waals surface area contributed by atoms with Crippen molar-refractivity contribution in [2.75, 3.05) is 26.3 Å². The Morgan fingerprint density at radius 1 is 1.43 bits per heavy atom. The molecule has 1 heterocycles. The van der Waals surface area contributed by atoms with Gasteiger partial charge in [0.05, 0.1) is 13.2 Å². The Morgan fingerprint density at radius 2 is 2.00 bits per heavy atom. The number of nitrogens with one attached hydrogen (secondary N) is 1. The summed E-state index contributed by atoms with van der Waals surface area (Å²) in [7, 11) is 0. The van der Waals surface area contributed by atoms with E-state index in [9.17, 15) is 5.21 Å². The molecular formula is C4H11NO2. The molecule has 0 unspecified atom stereocenters. The molecule has 3 heteroatoms. The van der Waals surface area contributed by atoms with Crippen molar-refractivity contribution in [1.82, 2.24) is 0 Å². The van der Waals surface area contributed by atoms with Crippen LogP contribution in [0.4, 0.5) is 0 Å². The first-order chi connectivity index (χ1) is 3.39. The second kappa shape index (κ2) is 2.26. The van der Waals surface area contributed by atoms with E-state index in [0.29, 0.717) is 31.4 Å². The molecule has 0 spiro atoms. The fourth-order valence-electron chi connectivity index (χ4n) is 0.599. The zero-order valence-electron chi connectivity index (χ0n) is 4.14. The third-order valence-corrected chi connectivity index (χ3v) is 1.05. The summed E-state index contributed by atoms with van der Waals surface area (Å²) < 4.78 is 4.92. The van der Waals surface area contributed by atoms with Crippen molar-refractivity contribution in [3.05, 3.63) is 5.21 Å². The quantitative estimate of drug-likeness (QED) is 0.386. The third-order valence-electron chi connectivity index (χ3n) is 1.05. The molecule has 7 heavy (non-hydrogen) atoms. The van der Waals surface area contributed by atoms with Crippen LogP contribution in [0.2, 0.25) is 0 Å². The van der Waals surface area contributed by atoms with Gasteiger partial charge in [-0.1, -0.05) is 0 Å². The minimum absolute atomic E-state index is 0. The van der Waals surface area contributed by atoms with Crippen LogP contribution in [0.5, 0.6) is 0 Å². The van der Waals surface area contributed by atoms with Crippen LogP contribution in [0.1, 0.15) is 1.43 Å². The molecule has 0 aromatic heterocycles. The highest BCUT2D eigenvalue weighted by atomic mass is 16.5. The molecule has 1 aliphatic rings. The summed E-state index contributed by atoms with van der Waals surface area (Å²) in [6.45, 7) is 2.53. The van der Waals surface area contributed by atoms with Gasteiger partial charge in [0.25, 0.3) is 0 Å². The van der Waals surface area contributed by atoms with Crippen molar-refractivity contribution in [2.24, 2.45) is 0 Å². The Labute approximate surface area is 43.9 Å². The Morgan fingerprint density at radius 3 is 2.29 bits per heavy atom. The molecule has 0 aliphatic carbocycles. The molecule has 0 radical (unpaired) electrons. The lowest BCUT2D eigenvalue weighted by Gasteiger charge is -2.25. The average molecular weight is 105 g/mol. The van der Waals surface area contributed by atoms with E-state index >= 15 is 0 Å². The number of hydrogen-bond donors (Lipinski definition) is 1. The topological polar surface area (TPSA) is 36.7 Å². The van der Waals surface area contributed by atoms with Crippen molar-refractivity contribution in [3.8, 4) is 0 Å². The summed E-state index contributed by atoms with van der Waals surface area (Å²) in [6, 6.07) is 0. The number of hydroxylamine groups is 2. The first-order valence-electron chi connectivity index (χ1n) is 2.49. The number of rotatable bonds is 0. The summed E-state index contributed by atoms with van der Waals surface area (Å²) in [5.74, 6) is 0. The van der Waals surface area contributed by atoms with E-state index in [1.165, 1.54) is 0 Å². The molecular weight excluding hydrogens is 94.0 g/mol. The maximum atomic E-state index is 10.4. The first kappa shape index (κ1) is 5.03. The highest BCUT2D eigenvalue weighted by Crippen LogP contribution is 1.72. The van der Waals surface area contributed by atoms with Gasteiger partial charge in [-0.15, -0.1) is 0 Å². The van der Waals surface area contributed by atoms with Gasteiger partial charge < -0.3 is 15.0 Å². The summed E-state index contributed by atoms with van der Waals surface area (Å²) >= 11 is 0. The van der Waals surface area contributed by atoms with E-state index in [0.717, 1.165) is 0 Å². The Kier molecular flexibility index (Phi) is 1.62. The second-order valence-corrected chi connectivity index (χ2v) is 1.65. The number of quaternary nitrogens is 1. The van der Waals surface area contributed by atoms with Crippen LogP contribution >= 0.6 is 0 Å². The molecule has 1 N–H and O–H groups in total. The minimum atomic E-state index is 0. The van der Waals surface area contributed by atoms with E-state index in [4.69, 9.17) is 4.74 Å². The summed E-state index contributed by atoms with van der Waals surface area (Å²) in [6.07, 6.45) is 0.